The van der Waals surface area contributed by atoms with Crippen molar-refractivity contribution in [2.24, 2.45) is 5.92 Å². The Balaban J connectivity index is 1.67. The van der Waals surface area contributed by atoms with E-state index < -0.39 is 10.1 Å². The number of benzene rings is 2. The predicted molar refractivity (Wildman–Crippen MR) is 102 cm³/mol. The highest BCUT2D eigenvalue weighted by atomic mass is 32.2. The fourth-order valence-corrected chi connectivity index (χ4v) is 4.91. The quantitative estimate of drug-likeness (QED) is 0.832. The molecule has 4 nitrogen and oxygen atoms in total. The highest BCUT2D eigenvalue weighted by molar-refractivity contribution is 7.86. The van der Waals surface area contributed by atoms with Gasteiger partial charge in [0.25, 0.3) is 0 Å². The molecule has 2 aliphatic rings. The molecule has 0 aromatic heterocycles. The van der Waals surface area contributed by atoms with E-state index in [1.54, 1.807) is 24.3 Å². The summed E-state index contributed by atoms with van der Waals surface area (Å²) in [5, 5.41) is 3.38. The van der Waals surface area contributed by atoms with Crippen LogP contribution in [0.4, 0.5) is 0 Å². The molecule has 5 heteroatoms. The Hall–Kier alpha value is -2.11. The van der Waals surface area contributed by atoms with Gasteiger partial charge in [-0.3, -0.25) is 0 Å². The number of nitrogens with one attached hydrogen (secondary N) is 1. The average Bonchev–Trinajstić information content (AvgIpc) is 3.00. The molecule has 26 heavy (non-hydrogen) atoms. The molecule has 1 aliphatic carbocycles. The lowest BCUT2D eigenvalue weighted by Crippen LogP contribution is -2.31. The third kappa shape index (κ3) is 3.29. The summed E-state index contributed by atoms with van der Waals surface area (Å²) >= 11 is 0. The standard InChI is InChI=1S/C21H23NO3S/c1-15-6-8-18(9-7-15)26(23,24)25-20-14-17-4-2-3-5-19(17)21(20)16-10-12-22-13-11-16/h2-9,14,16,21-22H,10-13H2,1H3. The Labute approximate surface area is 155 Å². The third-order valence-electron chi connectivity index (χ3n) is 5.31. The van der Waals surface area contributed by atoms with Crippen LogP contribution >= 0.6 is 0 Å². The Morgan fingerprint density at radius 3 is 2.42 bits per heavy atom. The van der Waals surface area contributed by atoms with Gasteiger partial charge < -0.3 is 9.50 Å². The Bertz CT molecular complexity index is 926. The van der Waals surface area contributed by atoms with E-state index in [1.807, 2.05) is 31.2 Å². The van der Waals surface area contributed by atoms with Gasteiger partial charge in [0.1, 0.15) is 10.7 Å². The van der Waals surface area contributed by atoms with Crippen LogP contribution in [0.15, 0.2) is 59.2 Å². The van der Waals surface area contributed by atoms with Crippen LogP contribution in [0, 0.1) is 12.8 Å². The maximum atomic E-state index is 12.8. The topological polar surface area (TPSA) is 55.4 Å². The highest BCUT2D eigenvalue weighted by Gasteiger charge is 2.36. The van der Waals surface area contributed by atoms with E-state index in [0.29, 0.717) is 11.7 Å². The van der Waals surface area contributed by atoms with Gasteiger partial charge in [-0.1, -0.05) is 42.0 Å². The van der Waals surface area contributed by atoms with E-state index in [1.165, 1.54) is 5.56 Å². The Kier molecular flexibility index (Phi) is 4.59. The van der Waals surface area contributed by atoms with Gasteiger partial charge in [-0.05, 0) is 68.1 Å². The van der Waals surface area contributed by atoms with E-state index in [2.05, 4.69) is 11.4 Å². The van der Waals surface area contributed by atoms with Crippen molar-refractivity contribution in [1.82, 2.24) is 5.32 Å². The zero-order valence-electron chi connectivity index (χ0n) is 14.8. The monoisotopic (exact) mass is 369 g/mol. The SMILES string of the molecule is Cc1ccc(S(=O)(=O)OC2=Cc3ccccc3C2C2CCNCC2)cc1. The third-order valence-corrected chi connectivity index (χ3v) is 6.57. The van der Waals surface area contributed by atoms with Crippen molar-refractivity contribution in [2.75, 3.05) is 13.1 Å². The van der Waals surface area contributed by atoms with Gasteiger partial charge >= 0.3 is 10.1 Å². The number of allylic oxidation sites excluding steroid dienone is 1. The van der Waals surface area contributed by atoms with Crippen molar-refractivity contribution < 1.29 is 12.6 Å². The maximum Gasteiger partial charge on any atom is 0.338 e. The van der Waals surface area contributed by atoms with Crippen LogP contribution in [0.3, 0.4) is 0 Å². The number of fused-ring (bicyclic) bond motifs is 1. The normalized spacial score (nSPS) is 20.5. The number of hydrogen-bond acceptors (Lipinski definition) is 4. The summed E-state index contributed by atoms with van der Waals surface area (Å²) in [7, 11) is -3.83. The minimum absolute atomic E-state index is 0.00789. The molecule has 1 saturated heterocycles. The lowest BCUT2D eigenvalue weighted by Gasteiger charge is -2.30. The molecule has 1 atom stereocenters. The fourth-order valence-electron chi connectivity index (χ4n) is 3.94. The molecule has 4 rings (SSSR count). The second-order valence-corrected chi connectivity index (χ2v) is 8.64. The molecule has 0 spiro atoms. The zero-order chi connectivity index (χ0) is 18.1. The maximum absolute atomic E-state index is 12.8. The predicted octanol–water partition coefficient (Wildman–Crippen LogP) is 3.84. The van der Waals surface area contributed by atoms with Crippen LogP contribution in [-0.4, -0.2) is 21.5 Å². The largest absolute Gasteiger partial charge is 0.383 e. The summed E-state index contributed by atoms with van der Waals surface area (Å²) in [5.74, 6) is 0.951. The van der Waals surface area contributed by atoms with Crippen molar-refractivity contribution in [2.45, 2.75) is 30.6 Å². The smallest absolute Gasteiger partial charge is 0.338 e. The van der Waals surface area contributed by atoms with E-state index in [9.17, 15) is 8.42 Å². The van der Waals surface area contributed by atoms with Crippen molar-refractivity contribution in [3.63, 3.8) is 0 Å². The Morgan fingerprint density at radius 2 is 1.69 bits per heavy atom. The van der Waals surface area contributed by atoms with Gasteiger partial charge in [0, 0.05) is 5.92 Å². The molecule has 136 valence electrons. The molecule has 2 aromatic rings. The highest BCUT2D eigenvalue weighted by Crippen LogP contribution is 2.45. The van der Waals surface area contributed by atoms with Crippen molar-refractivity contribution >= 4 is 16.2 Å². The first-order valence-corrected chi connectivity index (χ1v) is 10.5. The molecule has 1 heterocycles. The summed E-state index contributed by atoms with van der Waals surface area (Å²) in [6, 6.07) is 14.9. The average molecular weight is 369 g/mol. The molecule has 0 radical (unpaired) electrons. The number of aryl methyl sites for hydroxylation is 1. The zero-order valence-corrected chi connectivity index (χ0v) is 15.6. The minimum Gasteiger partial charge on any atom is -0.383 e. The molecule has 2 aromatic carbocycles. The molecule has 0 saturated carbocycles. The van der Waals surface area contributed by atoms with Crippen molar-refractivity contribution in [3.05, 3.63) is 71.0 Å². The summed E-state index contributed by atoms with van der Waals surface area (Å²) in [5.41, 5.74) is 3.25. The van der Waals surface area contributed by atoms with E-state index >= 15 is 0 Å². The number of rotatable bonds is 4. The van der Waals surface area contributed by atoms with Crippen LogP contribution in [-0.2, 0) is 14.3 Å². The second kappa shape index (κ2) is 6.89. The summed E-state index contributed by atoms with van der Waals surface area (Å²) in [4.78, 5) is 0.198. The van der Waals surface area contributed by atoms with E-state index in [0.717, 1.165) is 37.1 Å². The van der Waals surface area contributed by atoms with Gasteiger partial charge in [0.2, 0.25) is 0 Å². The lowest BCUT2D eigenvalue weighted by atomic mass is 9.81. The van der Waals surface area contributed by atoms with Gasteiger partial charge in [0.15, 0.2) is 0 Å². The van der Waals surface area contributed by atoms with E-state index in [4.69, 9.17) is 4.18 Å². The molecule has 1 N–H and O–H groups in total. The van der Waals surface area contributed by atoms with Gasteiger partial charge in [-0.25, -0.2) is 0 Å². The first kappa shape index (κ1) is 17.3. The first-order valence-electron chi connectivity index (χ1n) is 9.07. The van der Waals surface area contributed by atoms with E-state index in [-0.39, 0.29) is 10.8 Å². The van der Waals surface area contributed by atoms with Crippen molar-refractivity contribution in [1.29, 1.82) is 0 Å². The van der Waals surface area contributed by atoms with Crippen LogP contribution < -0.4 is 5.32 Å². The van der Waals surface area contributed by atoms with Gasteiger partial charge in [-0.2, -0.15) is 8.42 Å². The van der Waals surface area contributed by atoms with Crippen LogP contribution in [0.25, 0.3) is 6.08 Å². The first-order chi connectivity index (χ1) is 12.5. The van der Waals surface area contributed by atoms with Crippen LogP contribution in [0.5, 0.6) is 0 Å². The number of piperidine rings is 1. The Morgan fingerprint density at radius 1 is 1.00 bits per heavy atom. The molecular formula is C21H23NO3S. The van der Waals surface area contributed by atoms with Gasteiger partial charge in [-0.15, -0.1) is 0 Å². The fraction of sp³-hybridized carbons (Fsp3) is 0.333. The summed E-state index contributed by atoms with van der Waals surface area (Å²) in [6.45, 7) is 3.85. The second-order valence-electron chi connectivity index (χ2n) is 7.09. The number of hydrogen-bond donors (Lipinski definition) is 1. The molecule has 1 unspecified atom stereocenters. The summed E-state index contributed by atoms with van der Waals surface area (Å²) in [6.07, 6.45) is 3.93. The van der Waals surface area contributed by atoms with Gasteiger partial charge in [0.05, 0.1) is 0 Å². The summed E-state index contributed by atoms with van der Waals surface area (Å²) < 4.78 is 31.3. The lowest BCUT2D eigenvalue weighted by molar-refractivity contribution is 0.288. The minimum atomic E-state index is -3.83. The van der Waals surface area contributed by atoms with Crippen LogP contribution in [0.1, 0.15) is 35.4 Å². The molecule has 1 aliphatic heterocycles. The van der Waals surface area contributed by atoms with Crippen LogP contribution in [0.2, 0.25) is 0 Å². The molecule has 0 amide bonds. The molecule has 0 bridgehead atoms. The van der Waals surface area contributed by atoms with Crippen molar-refractivity contribution in [3.8, 4) is 0 Å². The molecular weight excluding hydrogens is 346 g/mol. The molecule has 1 fully saturated rings.